The highest BCUT2D eigenvalue weighted by Gasteiger charge is 2.26. The van der Waals surface area contributed by atoms with E-state index in [0.29, 0.717) is 31.5 Å². The number of fused-ring (bicyclic) bond motifs is 1. The second-order valence-electron chi connectivity index (χ2n) is 6.64. The molecule has 1 aliphatic rings. The molecule has 0 saturated carbocycles. The molecular formula is C21H21N3O3. The van der Waals surface area contributed by atoms with Crippen LogP contribution in [0.5, 0.6) is 5.75 Å². The third kappa shape index (κ3) is 3.38. The summed E-state index contributed by atoms with van der Waals surface area (Å²) in [6, 6.07) is 17.0. The molecule has 1 aromatic heterocycles. The van der Waals surface area contributed by atoms with Crippen LogP contribution >= 0.6 is 0 Å². The predicted molar refractivity (Wildman–Crippen MR) is 102 cm³/mol. The number of nitrogens with zero attached hydrogens (tertiary/aromatic N) is 2. The second kappa shape index (κ2) is 7.15. The minimum absolute atomic E-state index is 0.0256. The van der Waals surface area contributed by atoms with Gasteiger partial charge in [-0.2, -0.15) is 0 Å². The number of nitrogens with one attached hydrogen (secondary N) is 1. The first-order valence-corrected chi connectivity index (χ1v) is 8.94. The lowest BCUT2D eigenvalue weighted by Gasteiger charge is -2.26. The number of amides is 1. The van der Waals surface area contributed by atoms with Crippen LogP contribution in [-0.2, 0) is 24.2 Å². The van der Waals surface area contributed by atoms with Crippen LogP contribution in [0.1, 0.15) is 16.8 Å². The number of methoxy groups -OCH3 is 1. The van der Waals surface area contributed by atoms with Gasteiger partial charge in [0.1, 0.15) is 5.75 Å². The number of para-hydroxylation sites is 1. The topological polar surface area (TPSA) is 67.3 Å². The third-order valence-corrected chi connectivity index (χ3v) is 4.93. The van der Waals surface area contributed by atoms with Crippen molar-refractivity contribution >= 4 is 5.91 Å². The smallest absolute Gasteiger partial charge is 0.276 e. The molecular weight excluding hydrogens is 342 g/mol. The van der Waals surface area contributed by atoms with Crippen molar-refractivity contribution in [2.24, 2.45) is 0 Å². The second-order valence-corrected chi connectivity index (χ2v) is 6.64. The molecule has 1 aliphatic heterocycles. The summed E-state index contributed by atoms with van der Waals surface area (Å²) in [5.74, 6) is 0.792. The van der Waals surface area contributed by atoms with Gasteiger partial charge in [0.2, 0.25) is 5.91 Å². The number of rotatable bonds is 4. The molecule has 0 aliphatic carbocycles. The van der Waals surface area contributed by atoms with Crippen molar-refractivity contribution < 1.29 is 9.53 Å². The van der Waals surface area contributed by atoms with Crippen LogP contribution in [0.15, 0.2) is 59.4 Å². The molecule has 6 nitrogen and oxygen atoms in total. The number of aromatic nitrogens is 2. The van der Waals surface area contributed by atoms with Gasteiger partial charge in [-0.15, -0.1) is 0 Å². The fraction of sp³-hybridized carbons (Fsp3) is 0.238. The highest BCUT2D eigenvalue weighted by atomic mass is 16.5. The van der Waals surface area contributed by atoms with Crippen molar-refractivity contribution in [2.45, 2.75) is 19.4 Å². The largest absolute Gasteiger partial charge is 0.497 e. The van der Waals surface area contributed by atoms with Gasteiger partial charge in [-0.25, -0.2) is 4.68 Å². The zero-order valence-corrected chi connectivity index (χ0v) is 15.1. The lowest BCUT2D eigenvalue weighted by Crippen LogP contribution is -2.38. The summed E-state index contributed by atoms with van der Waals surface area (Å²) in [4.78, 5) is 27.2. The summed E-state index contributed by atoms with van der Waals surface area (Å²) in [6.45, 7) is 0.955. The number of benzene rings is 2. The van der Waals surface area contributed by atoms with Crippen LogP contribution in [-0.4, -0.2) is 34.2 Å². The summed E-state index contributed by atoms with van der Waals surface area (Å²) in [7, 11) is 1.62. The fourth-order valence-electron chi connectivity index (χ4n) is 3.41. The predicted octanol–water partition coefficient (Wildman–Crippen LogP) is 2.30. The van der Waals surface area contributed by atoms with Gasteiger partial charge in [-0.05, 0) is 29.8 Å². The lowest BCUT2D eigenvalue weighted by atomic mass is 10.1. The van der Waals surface area contributed by atoms with E-state index in [4.69, 9.17) is 4.74 Å². The Hall–Kier alpha value is -3.28. The third-order valence-electron chi connectivity index (χ3n) is 4.93. The standard InChI is InChI=1S/C21H21N3O3/c1-27-17-9-7-15(8-10-17)13-20(25)23-12-11-19-18(14-23)21(26)24(22-19)16-5-3-2-4-6-16/h2-10,22H,11-14H2,1H3. The van der Waals surface area contributed by atoms with Gasteiger partial charge in [-0.3, -0.25) is 14.7 Å². The summed E-state index contributed by atoms with van der Waals surface area (Å²) >= 11 is 0. The number of hydrogen-bond acceptors (Lipinski definition) is 3. The zero-order chi connectivity index (χ0) is 18.8. The van der Waals surface area contributed by atoms with E-state index in [2.05, 4.69) is 5.10 Å². The average molecular weight is 363 g/mol. The Balaban J connectivity index is 1.51. The van der Waals surface area contributed by atoms with Crippen molar-refractivity contribution in [3.05, 3.63) is 81.8 Å². The molecule has 27 heavy (non-hydrogen) atoms. The summed E-state index contributed by atoms with van der Waals surface area (Å²) in [6.07, 6.45) is 0.968. The minimum atomic E-state index is -0.0850. The molecule has 1 N–H and O–H groups in total. The average Bonchev–Trinajstić information content (AvgIpc) is 3.05. The van der Waals surface area contributed by atoms with E-state index >= 15 is 0 Å². The van der Waals surface area contributed by atoms with Crippen LogP contribution in [0.2, 0.25) is 0 Å². The lowest BCUT2D eigenvalue weighted by molar-refractivity contribution is -0.131. The number of carbonyl (C=O) groups excluding carboxylic acids is 1. The molecule has 0 saturated heterocycles. The zero-order valence-electron chi connectivity index (χ0n) is 15.1. The quantitative estimate of drug-likeness (QED) is 0.773. The van der Waals surface area contributed by atoms with Gasteiger partial charge in [-0.1, -0.05) is 30.3 Å². The Morgan fingerprint density at radius 1 is 1.11 bits per heavy atom. The van der Waals surface area contributed by atoms with E-state index in [1.54, 1.807) is 16.7 Å². The molecule has 3 aromatic rings. The molecule has 6 heteroatoms. The van der Waals surface area contributed by atoms with Crippen LogP contribution in [0.3, 0.4) is 0 Å². The summed E-state index contributed by atoms with van der Waals surface area (Å²) in [5, 5.41) is 3.19. The molecule has 0 bridgehead atoms. The molecule has 1 amide bonds. The first kappa shape index (κ1) is 17.1. The van der Waals surface area contributed by atoms with E-state index in [9.17, 15) is 9.59 Å². The first-order valence-electron chi connectivity index (χ1n) is 8.94. The maximum atomic E-state index is 12.8. The molecule has 0 atom stereocenters. The first-order chi connectivity index (χ1) is 13.2. The Morgan fingerprint density at radius 2 is 1.85 bits per heavy atom. The van der Waals surface area contributed by atoms with Crippen LogP contribution in [0.4, 0.5) is 0 Å². The Kier molecular flexibility index (Phi) is 4.54. The van der Waals surface area contributed by atoms with E-state index in [1.165, 1.54) is 0 Å². The van der Waals surface area contributed by atoms with E-state index in [-0.39, 0.29) is 11.5 Å². The minimum Gasteiger partial charge on any atom is -0.497 e. The van der Waals surface area contributed by atoms with Gasteiger partial charge in [0.05, 0.1) is 31.3 Å². The molecule has 2 heterocycles. The molecule has 0 radical (unpaired) electrons. The number of aromatic amines is 1. The highest BCUT2D eigenvalue weighted by molar-refractivity contribution is 5.79. The molecule has 2 aromatic carbocycles. The molecule has 4 rings (SSSR count). The molecule has 0 spiro atoms. The molecule has 0 fully saturated rings. The number of hydrogen-bond donors (Lipinski definition) is 1. The summed E-state index contributed by atoms with van der Waals surface area (Å²) < 4.78 is 6.70. The van der Waals surface area contributed by atoms with E-state index in [1.807, 2.05) is 54.6 Å². The van der Waals surface area contributed by atoms with Crippen LogP contribution in [0, 0.1) is 0 Å². The summed E-state index contributed by atoms with van der Waals surface area (Å²) in [5.41, 5.74) is 3.24. The highest BCUT2D eigenvalue weighted by Crippen LogP contribution is 2.18. The van der Waals surface area contributed by atoms with Crippen molar-refractivity contribution in [3.8, 4) is 11.4 Å². The van der Waals surface area contributed by atoms with Gasteiger partial charge >= 0.3 is 0 Å². The van der Waals surface area contributed by atoms with Crippen molar-refractivity contribution in [1.82, 2.24) is 14.7 Å². The van der Waals surface area contributed by atoms with Crippen LogP contribution < -0.4 is 10.3 Å². The van der Waals surface area contributed by atoms with Crippen molar-refractivity contribution in [1.29, 1.82) is 0 Å². The maximum absolute atomic E-state index is 12.8. The maximum Gasteiger partial charge on any atom is 0.276 e. The molecule has 0 unspecified atom stereocenters. The van der Waals surface area contributed by atoms with Crippen molar-refractivity contribution in [3.63, 3.8) is 0 Å². The Morgan fingerprint density at radius 3 is 2.56 bits per heavy atom. The van der Waals surface area contributed by atoms with Gasteiger partial charge < -0.3 is 9.64 Å². The van der Waals surface area contributed by atoms with Crippen molar-refractivity contribution in [2.75, 3.05) is 13.7 Å². The number of ether oxygens (including phenoxy) is 1. The van der Waals surface area contributed by atoms with Gasteiger partial charge in [0, 0.05) is 18.7 Å². The number of H-pyrrole nitrogens is 1. The van der Waals surface area contributed by atoms with Gasteiger partial charge in [0.25, 0.3) is 5.56 Å². The van der Waals surface area contributed by atoms with E-state index < -0.39 is 0 Å². The fourth-order valence-corrected chi connectivity index (χ4v) is 3.41. The SMILES string of the molecule is COc1ccc(CC(=O)N2CCc3[nH]n(-c4ccccc4)c(=O)c3C2)cc1. The number of carbonyl (C=O) groups is 1. The Bertz CT molecular complexity index is 1000. The van der Waals surface area contributed by atoms with Gasteiger partial charge in [0.15, 0.2) is 0 Å². The van der Waals surface area contributed by atoms with Crippen LogP contribution in [0.25, 0.3) is 5.69 Å². The monoisotopic (exact) mass is 363 g/mol. The Labute approximate surface area is 157 Å². The normalized spacial score (nSPS) is 13.3. The van der Waals surface area contributed by atoms with E-state index in [0.717, 1.165) is 22.7 Å². The molecule has 138 valence electrons.